The maximum atomic E-state index is 12.1. The van der Waals surface area contributed by atoms with Crippen molar-refractivity contribution >= 4 is 5.97 Å². The van der Waals surface area contributed by atoms with E-state index in [9.17, 15) is 4.79 Å². The van der Waals surface area contributed by atoms with Gasteiger partial charge in [-0.25, -0.2) is 4.79 Å². The Balaban J connectivity index is 1.69. The molecule has 1 aromatic carbocycles. The van der Waals surface area contributed by atoms with Crippen molar-refractivity contribution in [3.8, 4) is 5.75 Å². The highest BCUT2D eigenvalue weighted by Gasteiger charge is 2.23. The standard InChI is InChI=1S/C16H18N2O3/c1-11-14(9-17-18(11)2)16(19)21-10-12-7-8-20-15-6-4-3-5-13(12)15/h3-6,9,12H,7-8,10H2,1-2H3/t12-/m0/s1. The van der Waals surface area contributed by atoms with Crippen molar-refractivity contribution in [1.82, 2.24) is 9.78 Å². The van der Waals surface area contributed by atoms with Gasteiger partial charge in [0, 0.05) is 24.2 Å². The van der Waals surface area contributed by atoms with Gasteiger partial charge >= 0.3 is 5.97 Å². The maximum absolute atomic E-state index is 12.1. The van der Waals surface area contributed by atoms with E-state index in [0.29, 0.717) is 18.8 Å². The molecule has 0 bridgehead atoms. The van der Waals surface area contributed by atoms with E-state index in [-0.39, 0.29) is 11.9 Å². The Labute approximate surface area is 123 Å². The average molecular weight is 286 g/mol. The van der Waals surface area contributed by atoms with E-state index in [0.717, 1.165) is 23.4 Å². The number of hydrogen-bond donors (Lipinski definition) is 0. The number of ether oxygens (including phenoxy) is 2. The zero-order chi connectivity index (χ0) is 14.8. The fourth-order valence-corrected chi connectivity index (χ4v) is 2.54. The van der Waals surface area contributed by atoms with Crippen LogP contribution < -0.4 is 4.74 Å². The molecule has 0 amide bonds. The first-order valence-corrected chi connectivity index (χ1v) is 7.04. The molecule has 1 aromatic heterocycles. The van der Waals surface area contributed by atoms with E-state index >= 15 is 0 Å². The third-order valence-corrected chi connectivity index (χ3v) is 3.95. The van der Waals surface area contributed by atoms with Crippen molar-refractivity contribution in [3.63, 3.8) is 0 Å². The first kappa shape index (κ1) is 13.7. The number of carbonyl (C=O) groups is 1. The molecule has 21 heavy (non-hydrogen) atoms. The van der Waals surface area contributed by atoms with Gasteiger partial charge in [0.2, 0.25) is 0 Å². The Morgan fingerprint density at radius 2 is 2.29 bits per heavy atom. The van der Waals surface area contributed by atoms with Crippen molar-refractivity contribution in [2.75, 3.05) is 13.2 Å². The van der Waals surface area contributed by atoms with Crippen LogP contribution in [0.3, 0.4) is 0 Å². The summed E-state index contributed by atoms with van der Waals surface area (Å²) in [5.74, 6) is 0.766. The molecule has 5 heteroatoms. The van der Waals surface area contributed by atoms with Crippen LogP contribution in [0.1, 0.15) is 34.0 Å². The van der Waals surface area contributed by atoms with Gasteiger partial charge in [0.15, 0.2) is 0 Å². The predicted octanol–water partition coefficient (Wildman–Crippen LogP) is 2.45. The van der Waals surface area contributed by atoms with Gasteiger partial charge in [-0.2, -0.15) is 5.10 Å². The second-order valence-corrected chi connectivity index (χ2v) is 5.24. The summed E-state index contributed by atoms with van der Waals surface area (Å²) in [4.78, 5) is 12.1. The van der Waals surface area contributed by atoms with E-state index in [1.165, 1.54) is 0 Å². The number of fused-ring (bicyclic) bond motifs is 1. The quantitative estimate of drug-likeness (QED) is 0.813. The molecule has 0 spiro atoms. The van der Waals surface area contributed by atoms with Crippen LogP contribution in [0.4, 0.5) is 0 Å². The monoisotopic (exact) mass is 286 g/mol. The lowest BCUT2D eigenvalue weighted by Gasteiger charge is -2.25. The Hall–Kier alpha value is -2.30. The summed E-state index contributed by atoms with van der Waals surface area (Å²) < 4.78 is 12.8. The lowest BCUT2D eigenvalue weighted by Crippen LogP contribution is -2.20. The summed E-state index contributed by atoms with van der Waals surface area (Å²) >= 11 is 0. The van der Waals surface area contributed by atoms with Crippen molar-refractivity contribution in [2.24, 2.45) is 7.05 Å². The van der Waals surface area contributed by atoms with E-state index in [2.05, 4.69) is 5.10 Å². The van der Waals surface area contributed by atoms with Gasteiger partial charge in [0.25, 0.3) is 0 Å². The summed E-state index contributed by atoms with van der Waals surface area (Å²) in [5.41, 5.74) is 2.45. The number of para-hydroxylation sites is 1. The second-order valence-electron chi connectivity index (χ2n) is 5.24. The first-order chi connectivity index (χ1) is 10.2. The van der Waals surface area contributed by atoms with Crippen LogP contribution in [-0.4, -0.2) is 29.0 Å². The highest BCUT2D eigenvalue weighted by molar-refractivity contribution is 5.90. The summed E-state index contributed by atoms with van der Waals surface area (Å²) in [5, 5.41) is 4.06. The summed E-state index contributed by atoms with van der Waals surface area (Å²) in [6.07, 6.45) is 2.41. The van der Waals surface area contributed by atoms with Crippen molar-refractivity contribution in [1.29, 1.82) is 0 Å². The molecule has 2 aromatic rings. The van der Waals surface area contributed by atoms with Gasteiger partial charge in [-0.15, -0.1) is 0 Å². The number of nitrogens with zero attached hydrogens (tertiary/aromatic N) is 2. The van der Waals surface area contributed by atoms with Gasteiger partial charge in [0.05, 0.1) is 19.4 Å². The number of esters is 1. The second kappa shape index (κ2) is 5.60. The third kappa shape index (κ3) is 2.63. The third-order valence-electron chi connectivity index (χ3n) is 3.95. The SMILES string of the molecule is Cc1c(C(=O)OC[C@@H]2CCOc3ccccc32)cnn1C. The van der Waals surface area contributed by atoms with Crippen LogP contribution in [0.2, 0.25) is 0 Å². The Bertz CT molecular complexity index is 663. The molecule has 3 rings (SSSR count). The Morgan fingerprint density at radius 1 is 1.48 bits per heavy atom. The summed E-state index contributed by atoms with van der Waals surface area (Å²) in [6.45, 7) is 2.88. The molecule has 110 valence electrons. The molecule has 0 unspecified atom stereocenters. The van der Waals surface area contributed by atoms with Gasteiger partial charge in [-0.05, 0) is 19.4 Å². The molecule has 5 nitrogen and oxygen atoms in total. The van der Waals surface area contributed by atoms with E-state index < -0.39 is 0 Å². The van der Waals surface area contributed by atoms with E-state index in [1.807, 2.05) is 31.2 Å². The smallest absolute Gasteiger partial charge is 0.341 e. The number of hydrogen-bond acceptors (Lipinski definition) is 4. The van der Waals surface area contributed by atoms with Crippen LogP contribution >= 0.6 is 0 Å². The minimum Gasteiger partial charge on any atom is -0.493 e. The highest BCUT2D eigenvalue weighted by Crippen LogP contribution is 2.33. The molecule has 0 saturated heterocycles. The van der Waals surface area contributed by atoms with Crippen LogP contribution in [0.25, 0.3) is 0 Å². The summed E-state index contributed by atoms with van der Waals surface area (Å²) in [7, 11) is 1.81. The van der Waals surface area contributed by atoms with Gasteiger partial charge < -0.3 is 9.47 Å². The minimum absolute atomic E-state index is 0.191. The van der Waals surface area contributed by atoms with E-state index in [1.54, 1.807) is 17.9 Å². The highest BCUT2D eigenvalue weighted by atomic mass is 16.5. The van der Waals surface area contributed by atoms with Gasteiger partial charge in [0.1, 0.15) is 11.3 Å². The number of aromatic nitrogens is 2. The minimum atomic E-state index is -0.315. The molecule has 0 saturated carbocycles. The van der Waals surface area contributed by atoms with Crippen LogP contribution in [0.15, 0.2) is 30.5 Å². The Morgan fingerprint density at radius 3 is 3.05 bits per heavy atom. The summed E-state index contributed by atoms with van der Waals surface area (Å²) in [6, 6.07) is 7.91. The topological polar surface area (TPSA) is 53.4 Å². The molecule has 0 N–H and O–H groups in total. The average Bonchev–Trinajstić information content (AvgIpc) is 2.84. The lowest BCUT2D eigenvalue weighted by atomic mass is 9.94. The van der Waals surface area contributed by atoms with Crippen molar-refractivity contribution in [2.45, 2.75) is 19.3 Å². The zero-order valence-corrected chi connectivity index (χ0v) is 12.2. The molecular formula is C16H18N2O3. The van der Waals surface area contributed by atoms with Crippen LogP contribution in [-0.2, 0) is 11.8 Å². The van der Waals surface area contributed by atoms with Crippen LogP contribution in [0.5, 0.6) is 5.75 Å². The number of carbonyl (C=O) groups excluding carboxylic acids is 1. The largest absolute Gasteiger partial charge is 0.493 e. The number of rotatable bonds is 3. The molecule has 1 atom stereocenters. The molecular weight excluding hydrogens is 268 g/mol. The maximum Gasteiger partial charge on any atom is 0.341 e. The molecule has 1 aliphatic heterocycles. The first-order valence-electron chi connectivity index (χ1n) is 7.04. The van der Waals surface area contributed by atoms with Gasteiger partial charge in [-0.1, -0.05) is 18.2 Å². The molecule has 0 aliphatic carbocycles. The Kier molecular flexibility index (Phi) is 3.64. The fourth-order valence-electron chi connectivity index (χ4n) is 2.54. The fraction of sp³-hybridized carbons (Fsp3) is 0.375. The number of benzene rings is 1. The van der Waals surface area contributed by atoms with E-state index in [4.69, 9.17) is 9.47 Å². The number of aryl methyl sites for hydroxylation is 1. The normalized spacial score (nSPS) is 17.0. The van der Waals surface area contributed by atoms with Crippen LogP contribution in [0, 0.1) is 6.92 Å². The zero-order valence-electron chi connectivity index (χ0n) is 12.2. The van der Waals surface area contributed by atoms with Crippen molar-refractivity contribution in [3.05, 3.63) is 47.3 Å². The lowest BCUT2D eigenvalue weighted by molar-refractivity contribution is 0.0458. The molecule has 0 radical (unpaired) electrons. The van der Waals surface area contributed by atoms with Crippen molar-refractivity contribution < 1.29 is 14.3 Å². The molecule has 1 aliphatic rings. The predicted molar refractivity (Wildman–Crippen MR) is 77.5 cm³/mol. The van der Waals surface area contributed by atoms with Gasteiger partial charge in [-0.3, -0.25) is 4.68 Å². The molecule has 2 heterocycles. The molecule has 0 fully saturated rings.